The molecule has 0 spiro atoms. The Morgan fingerprint density at radius 3 is 1.66 bits per heavy atom. The lowest BCUT2D eigenvalue weighted by atomic mass is 10.1. The standard InChI is InChI=1S/C20H21N3O5.C12H14O4.C8H7N3O/c1-14(24)15-4-7-17(8-5-15)23-11-18(21-22-23)16-6-9-19(27-12-25-2)20(10-16)28-13-26-3;1-4-10-5-6-11(15-8-13-2)12(7-10)16-9-14-3;1-6(12)7-2-4-8(5-3-7)10-11-9/h4-11H,12-13H2,1-3H3;1,5-7H,8-9H2,2-3H3;2-5H,1H3. The molecule has 0 fully saturated rings. The molecule has 0 aliphatic heterocycles. The first-order valence-corrected chi connectivity index (χ1v) is 16.6. The molecule has 1 aromatic heterocycles. The number of carbonyl (C=O) groups is 2. The molecule has 0 radical (unpaired) electrons. The van der Waals surface area contributed by atoms with Gasteiger partial charge in [0, 0.05) is 61.3 Å². The molecular formula is C40H42N6O10. The van der Waals surface area contributed by atoms with Gasteiger partial charge in [-0.15, -0.1) is 11.5 Å². The zero-order valence-corrected chi connectivity index (χ0v) is 31.8. The maximum Gasteiger partial charge on any atom is 0.188 e. The number of rotatable bonds is 17. The number of methoxy groups -OCH3 is 4. The molecule has 292 valence electrons. The summed E-state index contributed by atoms with van der Waals surface area (Å²) in [5, 5.41) is 11.8. The lowest BCUT2D eigenvalue weighted by molar-refractivity contribution is 0.0322. The number of azide groups is 1. The van der Waals surface area contributed by atoms with Crippen LogP contribution in [0.1, 0.15) is 40.1 Å². The van der Waals surface area contributed by atoms with E-state index in [2.05, 4.69) is 26.3 Å². The summed E-state index contributed by atoms with van der Waals surface area (Å²) in [6.45, 7) is 3.50. The number of carbonyl (C=O) groups excluding carboxylic acids is 2. The third-order valence-corrected chi connectivity index (χ3v) is 7.14. The van der Waals surface area contributed by atoms with Gasteiger partial charge < -0.3 is 37.9 Å². The van der Waals surface area contributed by atoms with E-state index in [1.54, 1.807) is 106 Å². The molecule has 0 unspecified atom stereocenters. The highest BCUT2D eigenvalue weighted by molar-refractivity contribution is 5.94. The number of nitrogens with zero attached hydrogens (tertiary/aromatic N) is 6. The van der Waals surface area contributed by atoms with Crippen molar-refractivity contribution in [1.82, 2.24) is 15.0 Å². The Morgan fingerprint density at radius 1 is 0.696 bits per heavy atom. The van der Waals surface area contributed by atoms with Crippen molar-refractivity contribution in [1.29, 1.82) is 0 Å². The van der Waals surface area contributed by atoms with Crippen molar-refractivity contribution >= 4 is 17.3 Å². The summed E-state index contributed by atoms with van der Waals surface area (Å²) in [6, 6.07) is 24.3. The lowest BCUT2D eigenvalue weighted by Crippen LogP contribution is -2.04. The zero-order valence-electron chi connectivity index (χ0n) is 31.8. The molecule has 5 rings (SSSR count). The highest BCUT2D eigenvalue weighted by Gasteiger charge is 2.12. The predicted octanol–water partition coefficient (Wildman–Crippen LogP) is 7.57. The normalized spacial score (nSPS) is 9.95. The van der Waals surface area contributed by atoms with Crippen LogP contribution in [0.5, 0.6) is 23.0 Å². The number of benzene rings is 4. The van der Waals surface area contributed by atoms with Gasteiger partial charge in [0.15, 0.2) is 61.7 Å². The molecule has 16 heteroatoms. The molecule has 0 N–H and O–H groups in total. The minimum absolute atomic E-state index is 0.00230. The van der Waals surface area contributed by atoms with Gasteiger partial charge in [0.25, 0.3) is 0 Å². The van der Waals surface area contributed by atoms with Gasteiger partial charge in [0.1, 0.15) is 5.69 Å². The molecule has 1 heterocycles. The number of ketones is 2. The van der Waals surface area contributed by atoms with Crippen LogP contribution in [-0.4, -0.2) is 82.2 Å². The van der Waals surface area contributed by atoms with Crippen LogP contribution < -0.4 is 18.9 Å². The molecule has 0 amide bonds. The average molecular weight is 767 g/mol. The number of hydrogen-bond acceptors (Lipinski definition) is 13. The number of ether oxygens (including phenoxy) is 8. The van der Waals surface area contributed by atoms with Crippen LogP contribution >= 0.6 is 0 Å². The minimum atomic E-state index is 0.00230. The molecule has 0 aliphatic rings. The molecule has 0 saturated heterocycles. The molecule has 4 aromatic carbocycles. The van der Waals surface area contributed by atoms with Crippen LogP contribution in [0.15, 0.2) is 96.2 Å². The Labute approximate surface area is 324 Å². The summed E-state index contributed by atoms with van der Waals surface area (Å²) in [5.41, 5.74) is 12.9. The second-order valence-electron chi connectivity index (χ2n) is 11.1. The molecule has 0 bridgehead atoms. The largest absolute Gasteiger partial charge is 0.464 e. The van der Waals surface area contributed by atoms with Gasteiger partial charge in [-0.3, -0.25) is 9.59 Å². The molecule has 0 saturated carbocycles. The summed E-state index contributed by atoms with van der Waals surface area (Å²) in [6.07, 6.45) is 7.09. The highest BCUT2D eigenvalue weighted by atomic mass is 16.7. The summed E-state index contributed by atoms with van der Waals surface area (Å²) < 4.78 is 42.9. The SMILES string of the molecule is C#Cc1ccc(OCOC)c(OCOC)c1.CC(=O)c1ccc(N=[N+]=[N-])cc1.COCOc1ccc(-c2cn(-c3ccc(C(C)=O)cc3)nn2)cc1OCOC. The maximum absolute atomic E-state index is 11.4. The summed E-state index contributed by atoms with van der Waals surface area (Å²) in [5.74, 6) is 4.69. The molecular weight excluding hydrogens is 724 g/mol. The van der Waals surface area contributed by atoms with Gasteiger partial charge in [-0.2, -0.15) is 0 Å². The van der Waals surface area contributed by atoms with Crippen LogP contribution in [0.4, 0.5) is 5.69 Å². The van der Waals surface area contributed by atoms with Gasteiger partial charge in [0.05, 0.1) is 11.9 Å². The van der Waals surface area contributed by atoms with E-state index in [1.165, 1.54) is 13.8 Å². The lowest BCUT2D eigenvalue weighted by Gasteiger charge is -2.12. The first-order chi connectivity index (χ1) is 27.2. The van der Waals surface area contributed by atoms with E-state index in [0.717, 1.165) is 16.8 Å². The fourth-order valence-corrected chi connectivity index (χ4v) is 4.40. The van der Waals surface area contributed by atoms with E-state index in [4.69, 9.17) is 49.8 Å². The Hall–Kier alpha value is -6.73. The second kappa shape index (κ2) is 23.8. The molecule has 0 atom stereocenters. The number of aromatic nitrogens is 3. The highest BCUT2D eigenvalue weighted by Crippen LogP contribution is 2.32. The van der Waals surface area contributed by atoms with E-state index < -0.39 is 0 Å². The van der Waals surface area contributed by atoms with Crippen LogP contribution in [0.25, 0.3) is 27.4 Å². The Bertz CT molecular complexity index is 2070. The monoisotopic (exact) mass is 766 g/mol. The van der Waals surface area contributed by atoms with Gasteiger partial charge in [0.2, 0.25) is 0 Å². The minimum Gasteiger partial charge on any atom is -0.464 e. The van der Waals surface area contributed by atoms with Crippen molar-refractivity contribution in [3.05, 3.63) is 118 Å². The number of Topliss-reactive ketones (excluding diaryl/α,β-unsaturated/α-hetero) is 2. The molecule has 0 aliphatic carbocycles. The number of hydrogen-bond donors (Lipinski definition) is 0. The Morgan fingerprint density at radius 2 is 1.18 bits per heavy atom. The summed E-state index contributed by atoms with van der Waals surface area (Å²) in [4.78, 5) is 24.8. The summed E-state index contributed by atoms with van der Waals surface area (Å²) in [7, 11) is 6.18. The fraction of sp³-hybridized carbons (Fsp3) is 0.250. The van der Waals surface area contributed by atoms with Crippen molar-refractivity contribution in [3.63, 3.8) is 0 Å². The fourth-order valence-electron chi connectivity index (χ4n) is 4.40. The Balaban J connectivity index is 0.000000253. The van der Waals surface area contributed by atoms with E-state index in [0.29, 0.717) is 45.5 Å². The third-order valence-electron chi connectivity index (χ3n) is 7.14. The number of terminal acetylenes is 1. The second-order valence-corrected chi connectivity index (χ2v) is 11.1. The first kappa shape index (κ1) is 43.7. The molecule has 56 heavy (non-hydrogen) atoms. The van der Waals surface area contributed by atoms with E-state index in [-0.39, 0.29) is 38.7 Å². The van der Waals surface area contributed by atoms with Crippen molar-refractivity contribution in [2.24, 2.45) is 5.11 Å². The van der Waals surface area contributed by atoms with Gasteiger partial charge in [-0.05, 0) is 80.0 Å². The van der Waals surface area contributed by atoms with Crippen LogP contribution in [-0.2, 0) is 18.9 Å². The van der Waals surface area contributed by atoms with Crippen molar-refractivity contribution in [3.8, 4) is 52.3 Å². The Kier molecular flexibility index (Phi) is 18.6. The van der Waals surface area contributed by atoms with Crippen LogP contribution in [0.3, 0.4) is 0 Å². The van der Waals surface area contributed by atoms with Gasteiger partial charge >= 0.3 is 0 Å². The summed E-state index contributed by atoms with van der Waals surface area (Å²) >= 11 is 0. The van der Waals surface area contributed by atoms with E-state index >= 15 is 0 Å². The zero-order chi connectivity index (χ0) is 40.7. The van der Waals surface area contributed by atoms with Gasteiger partial charge in [-0.1, -0.05) is 40.5 Å². The van der Waals surface area contributed by atoms with Crippen LogP contribution in [0.2, 0.25) is 0 Å². The quantitative estimate of drug-likeness (QED) is 0.0226. The maximum atomic E-state index is 11.4. The van der Waals surface area contributed by atoms with E-state index in [9.17, 15) is 9.59 Å². The third kappa shape index (κ3) is 13.9. The van der Waals surface area contributed by atoms with Crippen molar-refractivity contribution in [2.45, 2.75) is 13.8 Å². The molecule has 5 aromatic rings. The molecule has 16 nitrogen and oxygen atoms in total. The topological polar surface area (TPSA) is 187 Å². The smallest absolute Gasteiger partial charge is 0.188 e. The van der Waals surface area contributed by atoms with E-state index in [1.807, 2.05) is 18.2 Å². The van der Waals surface area contributed by atoms with Crippen molar-refractivity contribution < 1.29 is 47.5 Å². The van der Waals surface area contributed by atoms with Crippen molar-refractivity contribution in [2.75, 3.05) is 55.6 Å². The first-order valence-electron chi connectivity index (χ1n) is 16.6. The van der Waals surface area contributed by atoms with Crippen LogP contribution in [0, 0.1) is 12.3 Å². The average Bonchev–Trinajstić information content (AvgIpc) is 3.72. The van der Waals surface area contributed by atoms with Gasteiger partial charge in [-0.25, -0.2) is 4.68 Å². The predicted molar refractivity (Wildman–Crippen MR) is 206 cm³/mol.